The zero-order valence-electron chi connectivity index (χ0n) is 14.4. The van der Waals surface area contributed by atoms with E-state index in [1.807, 2.05) is 36.1 Å². The van der Waals surface area contributed by atoms with Crippen LogP contribution in [0.1, 0.15) is 37.7 Å². The number of carbonyl (C=O) groups is 3. The first kappa shape index (κ1) is 17.9. The lowest BCUT2D eigenvalue weighted by Gasteiger charge is -2.37. The molecule has 0 aromatic heterocycles. The van der Waals surface area contributed by atoms with Gasteiger partial charge < -0.3 is 9.80 Å². The van der Waals surface area contributed by atoms with E-state index in [1.165, 1.54) is 0 Å². The Morgan fingerprint density at radius 1 is 1.16 bits per heavy atom. The fourth-order valence-corrected chi connectivity index (χ4v) is 4.01. The maximum Gasteiger partial charge on any atom is 0.225 e. The molecule has 1 saturated carbocycles. The van der Waals surface area contributed by atoms with Crippen LogP contribution in [0.5, 0.6) is 0 Å². The molecule has 1 amide bonds. The maximum atomic E-state index is 12.4. The first-order chi connectivity index (χ1) is 12.0. The van der Waals surface area contributed by atoms with Gasteiger partial charge in [0, 0.05) is 56.5 Å². The topological polar surface area (TPSA) is 57.7 Å². The van der Waals surface area contributed by atoms with E-state index in [2.05, 4.69) is 4.90 Å². The fourth-order valence-electron chi connectivity index (χ4n) is 3.85. The molecule has 6 heteroatoms. The Morgan fingerprint density at radius 3 is 2.44 bits per heavy atom. The minimum atomic E-state index is -0.417. The van der Waals surface area contributed by atoms with Crippen molar-refractivity contribution in [3.05, 3.63) is 29.8 Å². The van der Waals surface area contributed by atoms with Crippen molar-refractivity contribution in [3.8, 4) is 0 Å². The molecule has 1 heterocycles. The van der Waals surface area contributed by atoms with Crippen molar-refractivity contribution >= 4 is 34.2 Å². The first-order valence-corrected chi connectivity index (χ1v) is 9.22. The van der Waals surface area contributed by atoms with Gasteiger partial charge in [-0.3, -0.25) is 14.4 Å². The average Bonchev–Trinajstić information content (AvgIpc) is 3.03. The molecule has 1 aromatic rings. The van der Waals surface area contributed by atoms with Crippen LogP contribution in [0.15, 0.2) is 24.3 Å². The molecule has 25 heavy (non-hydrogen) atoms. The maximum absolute atomic E-state index is 12.4. The van der Waals surface area contributed by atoms with Crippen molar-refractivity contribution in [2.45, 2.75) is 32.1 Å². The molecule has 1 aliphatic heterocycles. The summed E-state index contributed by atoms with van der Waals surface area (Å²) >= 11 is 5.61. The molecule has 134 valence electrons. The normalized spacial score (nSPS) is 23.8. The highest BCUT2D eigenvalue weighted by molar-refractivity contribution is 6.64. The Kier molecular flexibility index (Phi) is 5.42. The molecule has 5 nitrogen and oxygen atoms in total. The summed E-state index contributed by atoms with van der Waals surface area (Å²) in [7, 11) is 0. The monoisotopic (exact) mass is 362 g/mol. The van der Waals surface area contributed by atoms with E-state index in [9.17, 15) is 14.4 Å². The van der Waals surface area contributed by atoms with Gasteiger partial charge in [0.1, 0.15) is 5.78 Å². The van der Waals surface area contributed by atoms with Crippen molar-refractivity contribution in [1.82, 2.24) is 4.90 Å². The van der Waals surface area contributed by atoms with Gasteiger partial charge in [-0.1, -0.05) is 25.1 Å². The number of hydrogen-bond acceptors (Lipinski definition) is 4. The summed E-state index contributed by atoms with van der Waals surface area (Å²) in [6.45, 7) is 4.78. The van der Waals surface area contributed by atoms with E-state index in [1.54, 1.807) is 0 Å². The first-order valence-electron chi connectivity index (χ1n) is 8.85. The SMILES string of the molecule is CCC(=O)N1CCN(c2ccccc2[C@H]2C[C@H](C(=O)Cl)CC2=O)CC1. The number of halogens is 1. The Bertz CT molecular complexity index is 683. The summed E-state index contributed by atoms with van der Waals surface area (Å²) in [5, 5.41) is -0.417. The van der Waals surface area contributed by atoms with E-state index in [0.717, 1.165) is 24.3 Å². The fraction of sp³-hybridized carbons (Fsp3) is 0.526. The van der Waals surface area contributed by atoms with Gasteiger partial charge in [0.2, 0.25) is 11.1 Å². The highest BCUT2D eigenvalue weighted by atomic mass is 35.5. The molecule has 0 spiro atoms. The van der Waals surface area contributed by atoms with E-state index < -0.39 is 5.24 Å². The lowest BCUT2D eigenvalue weighted by atomic mass is 9.93. The third kappa shape index (κ3) is 3.71. The van der Waals surface area contributed by atoms with Crippen LogP contribution in [0.4, 0.5) is 5.69 Å². The summed E-state index contributed by atoms with van der Waals surface area (Å²) in [4.78, 5) is 39.8. The highest BCUT2D eigenvalue weighted by Gasteiger charge is 2.38. The van der Waals surface area contributed by atoms with Crippen molar-refractivity contribution in [2.75, 3.05) is 31.1 Å². The molecular formula is C19H23ClN2O3. The zero-order valence-corrected chi connectivity index (χ0v) is 15.2. The number of carbonyl (C=O) groups excluding carboxylic acids is 3. The van der Waals surface area contributed by atoms with Gasteiger partial charge in [-0.05, 0) is 29.7 Å². The number of Topliss-reactive ketones (excluding diaryl/α,β-unsaturated/α-hetero) is 1. The standard InChI is InChI=1S/C19H23ClN2O3/c1-2-18(24)22-9-7-21(8-10-22)16-6-4-3-5-14(16)15-11-13(19(20)25)12-17(15)23/h3-6,13,15H,2,7-12H2,1H3/t13-,15+/m0/s1. The predicted octanol–water partition coefficient (Wildman–Crippen LogP) is 2.57. The van der Waals surface area contributed by atoms with Gasteiger partial charge in [-0.25, -0.2) is 0 Å². The Labute approximate surface area is 152 Å². The molecule has 2 aliphatic rings. The van der Waals surface area contributed by atoms with E-state index >= 15 is 0 Å². The number of ketones is 1. The smallest absolute Gasteiger partial charge is 0.225 e. The third-order valence-corrected chi connectivity index (χ3v) is 5.57. The summed E-state index contributed by atoms with van der Waals surface area (Å²) in [5.74, 6) is -0.362. The van der Waals surface area contributed by atoms with Crippen LogP contribution in [0.3, 0.4) is 0 Å². The number of piperazine rings is 1. The predicted molar refractivity (Wildman–Crippen MR) is 96.9 cm³/mol. The van der Waals surface area contributed by atoms with E-state index in [-0.39, 0.29) is 29.9 Å². The third-order valence-electron chi connectivity index (χ3n) is 5.27. The summed E-state index contributed by atoms with van der Waals surface area (Å²) in [5.41, 5.74) is 2.01. The Hall–Kier alpha value is -1.88. The van der Waals surface area contributed by atoms with Crippen molar-refractivity contribution < 1.29 is 14.4 Å². The second-order valence-electron chi connectivity index (χ2n) is 6.74. The van der Waals surface area contributed by atoms with Gasteiger partial charge in [-0.2, -0.15) is 0 Å². The lowest BCUT2D eigenvalue weighted by molar-refractivity contribution is -0.131. The molecule has 0 unspecified atom stereocenters. The Balaban J connectivity index is 1.77. The molecule has 0 radical (unpaired) electrons. The number of para-hydroxylation sites is 1. The minimum absolute atomic E-state index is 0.0891. The molecular weight excluding hydrogens is 340 g/mol. The van der Waals surface area contributed by atoms with Crippen LogP contribution in [-0.4, -0.2) is 48.0 Å². The second-order valence-corrected chi connectivity index (χ2v) is 7.11. The van der Waals surface area contributed by atoms with Crippen LogP contribution in [0, 0.1) is 5.92 Å². The van der Waals surface area contributed by atoms with E-state index in [0.29, 0.717) is 25.9 Å². The summed E-state index contributed by atoms with van der Waals surface area (Å²) in [6, 6.07) is 7.89. The summed E-state index contributed by atoms with van der Waals surface area (Å²) < 4.78 is 0. The minimum Gasteiger partial charge on any atom is -0.368 e. The molecule has 2 atom stereocenters. The number of anilines is 1. The quantitative estimate of drug-likeness (QED) is 0.772. The van der Waals surface area contributed by atoms with Crippen LogP contribution in [-0.2, 0) is 14.4 Å². The summed E-state index contributed by atoms with van der Waals surface area (Å²) in [6.07, 6.45) is 1.26. The molecule has 1 aromatic carbocycles. The molecule has 3 rings (SSSR count). The van der Waals surface area contributed by atoms with Gasteiger partial charge in [0.15, 0.2) is 0 Å². The molecule has 0 N–H and O–H groups in total. The van der Waals surface area contributed by atoms with E-state index in [4.69, 9.17) is 11.6 Å². The highest BCUT2D eigenvalue weighted by Crippen LogP contribution is 2.40. The number of hydrogen-bond donors (Lipinski definition) is 0. The Morgan fingerprint density at radius 2 is 1.84 bits per heavy atom. The lowest BCUT2D eigenvalue weighted by Crippen LogP contribution is -2.49. The molecule has 1 aliphatic carbocycles. The van der Waals surface area contributed by atoms with Gasteiger partial charge in [0.25, 0.3) is 0 Å². The second kappa shape index (κ2) is 7.56. The number of nitrogens with zero attached hydrogens (tertiary/aromatic N) is 2. The average molecular weight is 363 g/mol. The van der Waals surface area contributed by atoms with Gasteiger partial charge in [0.05, 0.1) is 0 Å². The van der Waals surface area contributed by atoms with Crippen molar-refractivity contribution in [3.63, 3.8) is 0 Å². The van der Waals surface area contributed by atoms with Gasteiger partial charge in [-0.15, -0.1) is 0 Å². The van der Waals surface area contributed by atoms with Crippen molar-refractivity contribution in [1.29, 1.82) is 0 Å². The largest absolute Gasteiger partial charge is 0.368 e. The number of benzene rings is 1. The zero-order chi connectivity index (χ0) is 18.0. The molecule has 1 saturated heterocycles. The van der Waals surface area contributed by atoms with Crippen LogP contribution < -0.4 is 4.90 Å². The van der Waals surface area contributed by atoms with Crippen LogP contribution in [0.2, 0.25) is 0 Å². The van der Waals surface area contributed by atoms with Crippen LogP contribution >= 0.6 is 11.6 Å². The molecule has 0 bridgehead atoms. The number of amides is 1. The van der Waals surface area contributed by atoms with Crippen molar-refractivity contribution in [2.24, 2.45) is 5.92 Å². The van der Waals surface area contributed by atoms with Crippen LogP contribution in [0.25, 0.3) is 0 Å². The number of rotatable bonds is 4. The molecule has 2 fully saturated rings. The van der Waals surface area contributed by atoms with Gasteiger partial charge >= 0.3 is 0 Å².